The van der Waals surface area contributed by atoms with Gasteiger partial charge in [-0.05, 0) is 24.3 Å². The van der Waals surface area contributed by atoms with Crippen LogP contribution in [0.4, 0.5) is 5.69 Å². The first-order valence-corrected chi connectivity index (χ1v) is 7.58. The van der Waals surface area contributed by atoms with Gasteiger partial charge in [0.2, 0.25) is 0 Å². The average Bonchev–Trinajstić information content (AvgIpc) is 2.68. The molecule has 0 aliphatic heterocycles. The Morgan fingerprint density at radius 2 is 1.65 bits per heavy atom. The zero-order valence-corrected chi connectivity index (χ0v) is 14.6. The summed E-state index contributed by atoms with van der Waals surface area (Å²) in [5, 5.41) is 6.22. The fourth-order valence-corrected chi connectivity index (χ4v) is 2.07. The number of amides is 2. The van der Waals surface area contributed by atoms with Gasteiger partial charge in [0.25, 0.3) is 0 Å². The summed E-state index contributed by atoms with van der Waals surface area (Å²) in [6.07, 6.45) is 1.39. The van der Waals surface area contributed by atoms with Crippen LogP contribution >= 0.6 is 0 Å². The lowest BCUT2D eigenvalue weighted by Crippen LogP contribution is -2.32. The Kier molecular flexibility index (Phi) is 6.55. The number of rotatable bonds is 6. The second-order valence-electron chi connectivity index (χ2n) is 4.96. The van der Waals surface area contributed by atoms with Gasteiger partial charge in [0.05, 0.1) is 33.2 Å². The minimum absolute atomic E-state index is 0.335. The Balaban J connectivity index is 2.00. The highest BCUT2D eigenvalue weighted by molar-refractivity contribution is 6.39. The van der Waals surface area contributed by atoms with Crippen molar-refractivity contribution in [1.82, 2.24) is 5.43 Å². The van der Waals surface area contributed by atoms with Crippen LogP contribution in [0.1, 0.15) is 5.56 Å². The molecule has 8 nitrogen and oxygen atoms in total. The Morgan fingerprint density at radius 3 is 2.35 bits per heavy atom. The van der Waals surface area contributed by atoms with E-state index < -0.39 is 11.8 Å². The summed E-state index contributed by atoms with van der Waals surface area (Å²) in [6, 6.07) is 11.9. The van der Waals surface area contributed by atoms with E-state index in [-0.39, 0.29) is 0 Å². The molecule has 26 heavy (non-hydrogen) atoms. The van der Waals surface area contributed by atoms with E-state index in [0.717, 1.165) is 0 Å². The molecule has 0 saturated heterocycles. The maximum absolute atomic E-state index is 12.0. The maximum atomic E-state index is 12.0. The predicted octanol–water partition coefficient (Wildman–Crippen LogP) is 1.80. The molecule has 0 aliphatic rings. The zero-order chi connectivity index (χ0) is 18.9. The van der Waals surface area contributed by atoms with Crippen LogP contribution in [0.5, 0.6) is 17.2 Å². The number of ether oxygens (including phenoxy) is 3. The number of hydrogen-bond donors (Lipinski definition) is 2. The van der Waals surface area contributed by atoms with Crippen molar-refractivity contribution in [2.45, 2.75) is 0 Å². The monoisotopic (exact) mass is 357 g/mol. The van der Waals surface area contributed by atoms with E-state index >= 15 is 0 Å². The summed E-state index contributed by atoms with van der Waals surface area (Å²) < 4.78 is 15.4. The van der Waals surface area contributed by atoms with Crippen LogP contribution in [0.25, 0.3) is 0 Å². The molecule has 2 amide bonds. The van der Waals surface area contributed by atoms with E-state index in [0.29, 0.717) is 28.5 Å². The summed E-state index contributed by atoms with van der Waals surface area (Å²) >= 11 is 0. The van der Waals surface area contributed by atoms with E-state index in [4.69, 9.17) is 14.2 Å². The fraction of sp³-hybridized carbons (Fsp3) is 0.167. The lowest BCUT2D eigenvalue weighted by atomic mass is 10.2. The van der Waals surface area contributed by atoms with Gasteiger partial charge in [0, 0.05) is 11.6 Å². The number of anilines is 1. The molecule has 136 valence electrons. The van der Waals surface area contributed by atoms with E-state index in [2.05, 4.69) is 15.8 Å². The third-order valence-corrected chi connectivity index (χ3v) is 3.37. The molecule has 2 rings (SSSR count). The van der Waals surface area contributed by atoms with Crippen LogP contribution in [0.15, 0.2) is 47.6 Å². The first-order chi connectivity index (χ1) is 12.6. The van der Waals surface area contributed by atoms with Gasteiger partial charge in [-0.3, -0.25) is 9.59 Å². The van der Waals surface area contributed by atoms with Crippen LogP contribution in [-0.4, -0.2) is 39.4 Å². The third-order valence-electron chi connectivity index (χ3n) is 3.37. The van der Waals surface area contributed by atoms with Crippen LogP contribution in [-0.2, 0) is 9.59 Å². The molecule has 0 aliphatic carbocycles. The highest BCUT2D eigenvalue weighted by Crippen LogP contribution is 2.28. The van der Waals surface area contributed by atoms with Crippen LogP contribution in [0.3, 0.4) is 0 Å². The molecule has 2 N–H and O–H groups in total. The van der Waals surface area contributed by atoms with Crippen molar-refractivity contribution in [2.24, 2.45) is 5.10 Å². The van der Waals surface area contributed by atoms with Crippen molar-refractivity contribution in [2.75, 3.05) is 26.6 Å². The largest absolute Gasteiger partial charge is 0.497 e. The fourth-order valence-electron chi connectivity index (χ4n) is 2.07. The quantitative estimate of drug-likeness (QED) is 0.467. The number of para-hydroxylation sites is 1. The molecule has 2 aromatic rings. The first kappa shape index (κ1) is 18.8. The molecule has 0 aromatic heterocycles. The van der Waals surface area contributed by atoms with Crippen molar-refractivity contribution in [3.05, 3.63) is 48.0 Å². The smallest absolute Gasteiger partial charge is 0.329 e. The maximum Gasteiger partial charge on any atom is 0.329 e. The van der Waals surface area contributed by atoms with Crippen LogP contribution in [0.2, 0.25) is 0 Å². The zero-order valence-electron chi connectivity index (χ0n) is 14.6. The average molecular weight is 357 g/mol. The molecule has 0 bridgehead atoms. The molecule has 2 aromatic carbocycles. The Morgan fingerprint density at radius 1 is 0.923 bits per heavy atom. The van der Waals surface area contributed by atoms with Crippen molar-refractivity contribution in [3.63, 3.8) is 0 Å². The standard InChI is InChI=1S/C18H19N3O5/c1-24-13-8-9-14(16(10-13)26-3)20-17(22)18(23)21-19-11-12-6-4-5-7-15(12)25-2/h4-11H,1-3H3,(H,20,22)(H,21,23)/b19-11+. The minimum atomic E-state index is -0.922. The molecular formula is C18H19N3O5. The van der Waals surface area contributed by atoms with Gasteiger partial charge in [0.1, 0.15) is 17.2 Å². The Labute approximate surface area is 150 Å². The molecule has 0 fully saturated rings. The number of nitrogens with one attached hydrogen (secondary N) is 2. The molecule has 0 heterocycles. The highest BCUT2D eigenvalue weighted by atomic mass is 16.5. The predicted molar refractivity (Wildman–Crippen MR) is 96.9 cm³/mol. The third kappa shape index (κ3) is 4.73. The number of carbonyl (C=O) groups is 2. The summed E-state index contributed by atoms with van der Waals surface area (Å²) in [5.41, 5.74) is 3.15. The Bertz CT molecular complexity index is 820. The molecule has 0 spiro atoms. The van der Waals surface area contributed by atoms with E-state index in [1.807, 2.05) is 6.07 Å². The highest BCUT2D eigenvalue weighted by Gasteiger charge is 2.15. The molecule has 0 unspecified atom stereocenters. The van der Waals surface area contributed by atoms with Crippen molar-refractivity contribution in [3.8, 4) is 17.2 Å². The van der Waals surface area contributed by atoms with E-state index in [1.54, 1.807) is 36.4 Å². The van der Waals surface area contributed by atoms with E-state index in [1.165, 1.54) is 27.5 Å². The van der Waals surface area contributed by atoms with Crippen LogP contribution < -0.4 is 25.0 Å². The number of methoxy groups -OCH3 is 3. The summed E-state index contributed by atoms with van der Waals surface area (Å²) in [5.74, 6) is -0.286. The topological polar surface area (TPSA) is 98.2 Å². The molecule has 0 saturated carbocycles. The lowest BCUT2D eigenvalue weighted by Gasteiger charge is -2.10. The van der Waals surface area contributed by atoms with Gasteiger partial charge in [-0.25, -0.2) is 5.43 Å². The van der Waals surface area contributed by atoms with Crippen LogP contribution in [0, 0.1) is 0 Å². The van der Waals surface area contributed by atoms with Crippen molar-refractivity contribution >= 4 is 23.7 Å². The number of benzene rings is 2. The summed E-state index contributed by atoms with van der Waals surface area (Å²) in [4.78, 5) is 23.9. The second-order valence-corrected chi connectivity index (χ2v) is 4.96. The molecule has 0 radical (unpaired) electrons. The second kappa shape index (κ2) is 9.07. The number of hydrazone groups is 1. The number of hydrogen-bond acceptors (Lipinski definition) is 6. The van der Waals surface area contributed by atoms with Crippen molar-refractivity contribution in [1.29, 1.82) is 0 Å². The summed E-state index contributed by atoms with van der Waals surface area (Å²) in [7, 11) is 4.49. The van der Waals surface area contributed by atoms with Gasteiger partial charge < -0.3 is 19.5 Å². The first-order valence-electron chi connectivity index (χ1n) is 7.58. The van der Waals surface area contributed by atoms with Gasteiger partial charge in [-0.15, -0.1) is 0 Å². The van der Waals surface area contributed by atoms with Gasteiger partial charge in [-0.2, -0.15) is 5.10 Å². The summed E-state index contributed by atoms with van der Waals surface area (Å²) in [6.45, 7) is 0. The van der Waals surface area contributed by atoms with Gasteiger partial charge in [-0.1, -0.05) is 12.1 Å². The molecule has 8 heteroatoms. The van der Waals surface area contributed by atoms with Gasteiger partial charge in [0.15, 0.2) is 0 Å². The number of carbonyl (C=O) groups excluding carboxylic acids is 2. The minimum Gasteiger partial charge on any atom is -0.497 e. The molecule has 0 atom stereocenters. The van der Waals surface area contributed by atoms with E-state index in [9.17, 15) is 9.59 Å². The number of nitrogens with zero attached hydrogens (tertiary/aromatic N) is 1. The lowest BCUT2D eigenvalue weighted by molar-refractivity contribution is -0.136. The van der Waals surface area contributed by atoms with Crippen molar-refractivity contribution < 1.29 is 23.8 Å². The molecular weight excluding hydrogens is 338 g/mol. The normalized spacial score (nSPS) is 10.3. The Hall–Kier alpha value is -3.55. The SMILES string of the molecule is COc1ccc(NC(=O)C(=O)N/N=C/c2ccccc2OC)c(OC)c1. The van der Waals surface area contributed by atoms with Gasteiger partial charge >= 0.3 is 11.8 Å².